The summed E-state index contributed by atoms with van der Waals surface area (Å²) < 4.78 is 26.3. The molecule has 2 rings (SSSR count). The van der Waals surface area contributed by atoms with Crippen LogP contribution >= 0.6 is 11.3 Å². The Morgan fingerprint density at radius 2 is 1.87 bits per heavy atom. The number of nitrogens with one attached hydrogen (secondary N) is 3. The Kier molecular flexibility index (Phi) is 9.28. The van der Waals surface area contributed by atoms with Crippen molar-refractivity contribution in [3.05, 3.63) is 46.7 Å². The first kappa shape index (κ1) is 23.8. The fourth-order valence-corrected chi connectivity index (χ4v) is 4.50. The van der Waals surface area contributed by atoms with Gasteiger partial charge in [0.05, 0.1) is 11.4 Å². The quantitative estimate of drug-likeness (QED) is 0.486. The van der Waals surface area contributed by atoms with Gasteiger partial charge in [-0.15, -0.1) is 11.3 Å². The van der Waals surface area contributed by atoms with E-state index in [0.717, 1.165) is 17.7 Å². The van der Waals surface area contributed by atoms with Gasteiger partial charge < -0.3 is 10.6 Å². The van der Waals surface area contributed by atoms with Gasteiger partial charge in [0.25, 0.3) is 0 Å². The molecule has 0 unspecified atom stereocenters. The van der Waals surface area contributed by atoms with Crippen LogP contribution in [0.3, 0.4) is 0 Å². The predicted octanol–water partition coefficient (Wildman–Crippen LogP) is 2.65. The first-order valence-corrected chi connectivity index (χ1v) is 12.0. The molecule has 0 saturated heterocycles. The number of sulfonamides is 1. The van der Waals surface area contributed by atoms with E-state index in [1.165, 1.54) is 16.4 Å². The summed E-state index contributed by atoms with van der Waals surface area (Å²) in [5.41, 5.74) is 0.582. The Morgan fingerprint density at radius 1 is 1.13 bits per heavy atom. The van der Waals surface area contributed by atoms with Crippen molar-refractivity contribution >= 4 is 39.0 Å². The zero-order valence-corrected chi connectivity index (χ0v) is 18.8. The second kappa shape index (κ2) is 11.7. The molecular weight excluding hydrogens is 424 g/mol. The molecule has 1 aromatic carbocycles. The number of unbranched alkanes of at least 4 members (excludes halogenated alkanes) is 1. The molecule has 164 valence electrons. The average molecular weight is 453 g/mol. The van der Waals surface area contributed by atoms with Crippen molar-refractivity contribution in [2.24, 2.45) is 0 Å². The first-order chi connectivity index (χ1) is 14.3. The van der Waals surface area contributed by atoms with Gasteiger partial charge in [-0.2, -0.15) is 0 Å². The summed E-state index contributed by atoms with van der Waals surface area (Å²) in [7, 11) is -1.96. The number of imide groups is 1. The Hall–Kier alpha value is -2.43. The van der Waals surface area contributed by atoms with Gasteiger partial charge in [0, 0.05) is 30.7 Å². The van der Waals surface area contributed by atoms with Crippen molar-refractivity contribution in [2.45, 2.75) is 31.1 Å². The van der Waals surface area contributed by atoms with Crippen LogP contribution in [0.5, 0.6) is 0 Å². The lowest BCUT2D eigenvalue weighted by atomic mass is 10.3. The highest BCUT2D eigenvalue weighted by Crippen LogP contribution is 2.17. The smallest absolute Gasteiger partial charge is 0.321 e. The van der Waals surface area contributed by atoms with Crippen molar-refractivity contribution in [1.82, 2.24) is 14.9 Å². The van der Waals surface area contributed by atoms with Gasteiger partial charge in [0.15, 0.2) is 0 Å². The van der Waals surface area contributed by atoms with Crippen LogP contribution < -0.4 is 16.0 Å². The summed E-state index contributed by atoms with van der Waals surface area (Å²) in [5.74, 6) is -0.486. The Labute approximate surface area is 181 Å². The highest BCUT2D eigenvalue weighted by molar-refractivity contribution is 7.89. The number of thiophene rings is 1. The van der Waals surface area contributed by atoms with Gasteiger partial charge in [0.1, 0.15) is 0 Å². The average Bonchev–Trinajstić information content (AvgIpc) is 3.24. The third-order valence-electron chi connectivity index (χ3n) is 4.33. The molecule has 0 atom stereocenters. The minimum Gasteiger partial charge on any atom is -0.376 e. The minimum atomic E-state index is -3.53. The van der Waals surface area contributed by atoms with Crippen molar-refractivity contribution in [2.75, 3.05) is 32.0 Å². The molecule has 0 aliphatic carbocycles. The lowest BCUT2D eigenvalue weighted by Crippen LogP contribution is -2.42. The molecule has 10 heteroatoms. The maximum Gasteiger partial charge on any atom is 0.321 e. The van der Waals surface area contributed by atoms with Crippen LogP contribution in [-0.2, 0) is 21.2 Å². The van der Waals surface area contributed by atoms with Gasteiger partial charge in [-0.1, -0.05) is 19.4 Å². The number of nitrogens with zero attached hydrogens (tertiary/aromatic N) is 1. The predicted molar refractivity (Wildman–Crippen MR) is 119 cm³/mol. The number of anilines is 1. The molecule has 0 aliphatic rings. The fourth-order valence-electron chi connectivity index (χ4n) is 2.58. The van der Waals surface area contributed by atoms with Crippen LogP contribution in [0.4, 0.5) is 10.5 Å². The molecule has 8 nitrogen and oxygen atoms in total. The lowest BCUT2D eigenvalue weighted by Gasteiger charge is -2.17. The second-order valence-electron chi connectivity index (χ2n) is 6.69. The van der Waals surface area contributed by atoms with E-state index in [1.807, 2.05) is 24.4 Å². The zero-order chi connectivity index (χ0) is 22.0. The summed E-state index contributed by atoms with van der Waals surface area (Å²) in [6.07, 6.45) is 2.42. The molecule has 2 aromatic rings. The van der Waals surface area contributed by atoms with Crippen LogP contribution in [0.2, 0.25) is 0 Å². The van der Waals surface area contributed by atoms with Gasteiger partial charge in [-0.25, -0.2) is 17.5 Å². The highest BCUT2D eigenvalue weighted by Gasteiger charge is 2.19. The van der Waals surface area contributed by atoms with E-state index >= 15 is 0 Å². The van der Waals surface area contributed by atoms with Gasteiger partial charge in [0.2, 0.25) is 15.9 Å². The molecule has 0 bridgehead atoms. The Bertz CT molecular complexity index is 913. The van der Waals surface area contributed by atoms with Gasteiger partial charge in [-0.05, 0) is 48.6 Å². The number of benzene rings is 1. The Balaban J connectivity index is 1.76. The fraction of sp³-hybridized carbons (Fsp3) is 0.400. The van der Waals surface area contributed by atoms with Gasteiger partial charge >= 0.3 is 6.03 Å². The number of carbonyl (C=O) groups is 2. The number of urea groups is 1. The molecule has 3 N–H and O–H groups in total. The minimum absolute atomic E-state index is 0.110. The van der Waals surface area contributed by atoms with Crippen LogP contribution in [-0.4, -0.2) is 51.3 Å². The molecule has 30 heavy (non-hydrogen) atoms. The number of carbonyl (C=O) groups excluding carboxylic acids is 2. The number of hydrogen-bond acceptors (Lipinski definition) is 6. The number of rotatable bonds is 11. The third kappa shape index (κ3) is 7.43. The first-order valence-electron chi connectivity index (χ1n) is 9.73. The normalized spacial score (nSPS) is 11.3. The lowest BCUT2D eigenvalue weighted by molar-refractivity contribution is -0.118. The van der Waals surface area contributed by atoms with Crippen LogP contribution in [0.1, 0.15) is 24.6 Å². The van der Waals surface area contributed by atoms with Crippen LogP contribution in [0, 0.1) is 0 Å². The number of hydrogen-bond donors (Lipinski definition) is 3. The van der Waals surface area contributed by atoms with E-state index < -0.39 is 22.0 Å². The van der Waals surface area contributed by atoms with Crippen LogP contribution in [0.25, 0.3) is 0 Å². The summed E-state index contributed by atoms with van der Waals surface area (Å²) in [4.78, 5) is 25.0. The second-order valence-corrected chi connectivity index (χ2v) is 9.77. The molecule has 0 aliphatic heterocycles. The number of amides is 3. The van der Waals surface area contributed by atoms with E-state index in [4.69, 9.17) is 0 Å². The van der Waals surface area contributed by atoms with E-state index in [9.17, 15) is 18.0 Å². The molecule has 3 amide bonds. The molecule has 1 aromatic heterocycles. The van der Waals surface area contributed by atoms with E-state index in [1.54, 1.807) is 30.5 Å². The summed E-state index contributed by atoms with van der Waals surface area (Å²) in [6.45, 7) is 2.80. The van der Waals surface area contributed by atoms with E-state index in [2.05, 4.69) is 16.0 Å². The largest absolute Gasteiger partial charge is 0.376 e. The van der Waals surface area contributed by atoms with Crippen molar-refractivity contribution < 1.29 is 18.0 Å². The standard InChI is InChI=1S/C20H28N4O4S2/c1-3-4-13-24(2)30(27,28)18-9-7-16(8-10-18)22-15-19(25)23-20(26)21-12-11-17-6-5-14-29-17/h5-10,14,22H,3-4,11-13,15H2,1-2H3,(H2,21,23,25,26). The molecule has 0 radical (unpaired) electrons. The summed E-state index contributed by atoms with van der Waals surface area (Å²) in [6, 6.07) is 9.56. The topological polar surface area (TPSA) is 108 Å². The van der Waals surface area contributed by atoms with Crippen molar-refractivity contribution in [3.8, 4) is 0 Å². The van der Waals surface area contributed by atoms with Gasteiger partial charge in [-0.3, -0.25) is 10.1 Å². The molecular formula is C20H28N4O4S2. The maximum absolute atomic E-state index is 12.5. The third-order valence-corrected chi connectivity index (χ3v) is 7.14. The summed E-state index contributed by atoms with van der Waals surface area (Å²) >= 11 is 1.61. The molecule has 1 heterocycles. The van der Waals surface area contributed by atoms with Crippen LogP contribution in [0.15, 0.2) is 46.7 Å². The molecule has 0 fully saturated rings. The van der Waals surface area contributed by atoms with Crippen molar-refractivity contribution in [3.63, 3.8) is 0 Å². The highest BCUT2D eigenvalue weighted by atomic mass is 32.2. The maximum atomic E-state index is 12.5. The molecule has 0 spiro atoms. The monoisotopic (exact) mass is 452 g/mol. The SMILES string of the molecule is CCCCN(C)S(=O)(=O)c1ccc(NCC(=O)NC(=O)NCCc2cccs2)cc1. The Morgan fingerprint density at radius 3 is 2.50 bits per heavy atom. The summed E-state index contributed by atoms with van der Waals surface area (Å²) in [5, 5.41) is 9.73. The zero-order valence-electron chi connectivity index (χ0n) is 17.2. The van der Waals surface area contributed by atoms with E-state index in [0.29, 0.717) is 25.2 Å². The van der Waals surface area contributed by atoms with E-state index in [-0.39, 0.29) is 11.4 Å². The van der Waals surface area contributed by atoms with Crippen molar-refractivity contribution in [1.29, 1.82) is 0 Å². The molecule has 0 saturated carbocycles.